The largest absolute Gasteiger partial charge is 0.387 e. The Morgan fingerprint density at radius 2 is 1.88 bits per heavy atom. The summed E-state index contributed by atoms with van der Waals surface area (Å²) < 4.78 is 5.35. The van der Waals surface area contributed by atoms with Gasteiger partial charge in [0.05, 0.1) is 25.4 Å². The highest BCUT2D eigenvalue weighted by Gasteiger charge is 2.25. The van der Waals surface area contributed by atoms with E-state index in [0.717, 1.165) is 65.0 Å². The Morgan fingerprint density at radius 3 is 2.46 bits per heavy atom. The van der Waals surface area contributed by atoms with Crippen LogP contribution in [0.3, 0.4) is 0 Å². The zero-order chi connectivity index (χ0) is 17.8. The van der Waals surface area contributed by atoms with Gasteiger partial charge in [0, 0.05) is 39.3 Å². The molecule has 1 unspecified atom stereocenters. The second-order valence-electron chi connectivity index (χ2n) is 6.53. The molecule has 0 radical (unpaired) electrons. The van der Waals surface area contributed by atoms with E-state index in [0.29, 0.717) is 13.1 Å². The van der Waals surface area contributed by atoms with Gasteiger partial charge in [-0.2, -0.15) is 0 Å². The van der Waals surface area contributed by atoms with Gasteiger partial charge in [-0.25, -0.2) is 0 Å². The maximum absolute atomic E-state index is 10.6. The molecule has 7 heteroatoms. The minimum atomic E-state index is -0.835. The van der Waals surface area contributed by atoms with Crippen molar-refractivity contribution in [2.45, 2.75) is 33.3 Å². The topological polar surface area (TPSA) is 72.4 Å². The molecule has 0 aliphatic carbocycles. The van der Waals surface area contributed by atoms with E-state index in [-0.39, 0.29) is 0 Å². The van der Waals surface area contributed by atoms with E-state index in [1.165, 1.54) is 0 Å². The highest BCUT2D eigenvalue weighted by molar-refractivity contribution is 5.79. The maximum atomic E-state index is 10.6. The molecule has 0 aromatic rings. The first-order chi connectivity index (χ1) is 11.5. The fourth-order valence-electron chi connectivity index (χ4n) is 2.75. The molecule has 24 heavy (non-hydrogen) atoms. The lowest BCUT2D eigenvalue weighted by Gasteiger charge is -2.33. The summed E-state index contributed by atoms with van der Waals surface area (Å²) in [6.45, 7) is 17.2. The van der Waals surface area contributed by atoms with Crippen molar-refractivity contribution in [2.75, 3.05) is 72.1 Å². The van der Waals surface area contributed by atoms with Gasteiger partial charge in [-0.3, -0.25) is 9.89 Å². The van der Waals surface area contributed by atoms with Crippen molar-refractivity contribution in [3.05, 3.63) is 0 Å². The van der Waals surface area contributed by atoms with Crippen LogP contribution in [0.4, 0.5) is 0 Å². The Bertz CT molecular complexity index is 353. The summed E-state index contributed by atoms with van der Waals surface area (Å²) >= 11 is 0. The standard InChI is InChI=1S/C17H37N5O2/c1-5-18-16(19-8-9-21(6-2)7-3)20-14-17(4,23)15-22-10-12-24-13-11-22/h23H,5-15H2,1-4H3,(H2,18,19,20). The fourth-order valence-corrected chi connectivity index (χ4v) is 2.75. The van der Waals surface area contributed by atoms with Gasteiger partial charge >= 0.3 is 0 Å². The van der Waals surface area contributed by atoms with Crippen LogP contribution < -0.4 is 10.6 Å². The molecule has 0 amide bonds. The SMILES string of the molecule is CCNC(=NCC(C)(O)CN1CCOCC1)NCCN(CC)CC. The number of rotatable bonds is 10. The molecule has 1 heterocycles. The molecule has 142 valence electrons. The van der Waals surface area contributed by atoms with E-state index in [4.69, 9.17) is 4.74 Å². The van der Waals surface area contributed by atoms with Crippen LogP contribution in [-0.4, -0.2) is 98.6 Å². The number of aliphatic hydroxyl groups is 1. The van der Waals surface area contributed by atoms with Gasteiger partial charge in [0.25, 0.3) is 0 Å². The molecular weight excluding hydrogens is 306 g/mol. The molecule has 0 bridgehead atoms. The lowest BCUT2D eigenvalue weighted by Crippen LogP contribution is -2.48. The molecule has 3 N–H and O–H groups in total. The lowest BCUT2D eigenvalue weighted by atomic mass is 10.1. The summed E-state index contributed by atoms with van der Waals surface area (Å²) in [7, 11) is 0. The second-order valence-corrected chi connectivity index (χ2v) is 6.53. The van der Waals surface area contributed by atoms with Crippen molar-refractivity contribution >= 4 is 5.96 Å². The Kier molecular flexibility index (Phi) is 10.2. The van der Waals surface area contributed by atoms with Gasteiger partial charge in [0.1, 0.15) is 0 Å². The van der Waals surface area contributed by atoms with E-state index in [1.54, 1.807) is 0 Å². The number of guanidine groups is 1. The van der Waals surface area contributed by atoms with E-state index in [2.05, 4.69) is 39.3 Å². The first kappa shape index (κ1) is 21.2. The number of morpholine rings is 1. The number of hydrogen-bond donors (Lipinski definition) is 3. The predicted molar refractivity (Wildman–Crippen MR) is 99.7 cm³/mol. The van der Waals surface area contributed by atoms with Crippen molar-refractivity contribution in [1.29, 1.82) is 0 Å². The Balaban J connectivity index is 2.44. The van der Waals surface area contributed by atoms with Crippen LogP contribution >= 0.6 is 0 Å². The zero-order valence-electron chi connectivity index (χ0n) is 16.0. The monoisotopic (exact) mass is 343 g/mol. The highest BCUT2D eigenvalue weighted by Crippen LogP contribution is 2.09. The van der Waals surface area contributed by atoms with Crippen LogP contribution in [0.2, 0.25) is 0 Å². The van der Waals surface area contributed by atoms with Crippen LogP contribution in [0.15, 0.2) is 4.99 Å². The number of nitrogens with zero attached hydrogens (tertiary/aromatic N) is 3. The number of hydrogen-bond acceptors (Lipinski definition) is 5. The summed E-state index contributed by atoms with van der Waals surface area (Å²) in [5.74, 6) is 0.770. The Labute approximate surface area is 147 Å². The fraction of sp³-hybridized carbons (Fsp3) is 0.941. The molecule has 1 saturated heterocycles. The Hall–Kier alpha value is -0.890. The van der Waals surface area contributed by atoms with Crippen molar-refractivity contribution in [2.24, 2.45) is 4.99 Å². The van der Waals surface area contributed by atoms with E-state index in [1.807, 2.05) is 13.8 Å². The van der Waals surface area contributed by atoms with Crippen LogP contribution in [0, 0.1) is 0 Å². The van der Waals surface area contributed by atoms with Crippen LogP contribution in [0.1, 0.15) is 27.7 Å². The molecule has 1 atom stereocenters. The van der Waals surface area contributed by atoms with Gasteiger partial charge < -0.3 is 25.4 Å². The summed E-state index contributed by atoms with van der Waals surface area (Å²) in [4.78, 5) is 9.17. The molecular formula is C17H37N5O2. The molecule has 1 aliphatic rings. The van der Waals surface area contributed by atoms with Crippen LogP contribution in [0.5, 0.6) is 0 Å². The normalized spacial score (nSPS) is 19.3. The van der Waals surface area contributed by atoms with Crippen molar-refractivity contribution in [3.63, 3.8) is 0 Å². The van der Waals surface area contributed by atoms with Gasteiger partial charge in [0.2, 0.25) is 0 Å². The zero-order valence-corrected chi connectivity index (χ0v) is 16.0. The van der Waals surface area contributed by atoms with Crippen LogP contribution in [-0.2, 0) is 4.74 Å². The molecule has 0 saturated carbocycles. The van der Waals surface area contributed by atoms with Gasteiger partial charge in [-0.1, -0.05) is 13.8 Å². The minimum absolute atomic E-state index is 0.380. The molecule has 1 fully saturated rings. The molecule has 0 aromatic carbocycles. The van der Waals surface area contributed by atoms with Gasteiger partial charge in [0.15, 0.2) is 5.96 Å². The Morgan fingerprint density at radius 1 is 1.21 bits per heavy atom. The van der Waals surface area contributed by atoms with Crippen LogP contribution in [0.25, 0.3) is 0 Å². The molecule has 0 spiro atoms. The van der Waals surface area contributed by atoms with E-state index < -0.39 is 5.60 Å². The summed E-state index contributed by atoms with van der Waals surface area (Å²) in [5.41, 5.74) is -0.835. The highest BCUT2D eigenvalue weighted by atomic mass is 16.5. The van der Waals surface area contributed by atoms with Crippen molar-refractivity contribution in [3.8, 4) is 0 Å². The molecule has 1 aliphatic heterocycles. The first-order valence-electron chi connectivity index (χ1n) is 9.27. The number of aliphatic imine (C=N–C) groups is 1. The lowest BCUT2D eigenvalue weighted by molar-refractivity contribution is -0.0179. The third-order valence-electron chi connectivity index (χ3n) is 4.20. The van der Waals surface area contributed by atoms with Gasteiger partial charge in [-0.05, 0) is 26.9 Å². The van der Waals surface area contributed by atoms with Crippen molar-refractivity contribution in [1.82, 2.24) is 20.4 Å². The average Bonchev–Trinajstić information content (AvgIpc) is 2.57. The number of likely N-dealkylation sites (N-methyl/N-ethyl adjacent to an activating group) is 1. The second kappa shape index (κ2) is 11.6. The predicted octanol–water partition coefficient (Wildman–Crippen LogP) is -0.0335. The summed E-state index contributed by atoms with van der Waals surface area (Å²) in [6.07, 6.45) is 0. The summed E-state index contributed by atoms with van der Waals surface area (Å²) in [5, 5.41) is 17.2. The number of ether oxygens (including phenoxy) is 1. The molecule has 0 aromatic heterocycles. The van der Waals surface area contributed by atoms with Gasteiger partial charge in [-0.15, -0.1) is 0 Å². The average molecular weight is 344 g/mol. The third kappa shape index (κ3) is 8.82. The smallest absolute Gasteiger partial charge is 0.191 e. The third-order valence-corrected chi connectivity index (χ3v) is 4.20. The quantitative estimate of drug-likeness (QED) is 0.382. The van der Waals surface area contributed by atoms with Crippen molar-refractivity contribution < 1.29 is 9.84 Å². The van der Waals surface area contributed by atoms with E-state index >= 15 is 0 Å². The molecule has 7 nitrogen and oxygen atoms in total. The summed E-state index contributed by atoms with van der Waals surface area (Å²) in [6, 6.07) is 0. The first-order valence-corrected chi connectivity index (χ1v) is 9.27. The maximum Gasteiger partial charge on any atom is 0.191 e. The number of nitrogens with one attached hydrogen (secondary N) is 2. The minimum Gasteiger partial charge on any atom is -0.387 e. The molecule has 1 rings (SSSR count). The van der Waals surface area contributed by atoms with E-state index in [9.17, 15) is 5.11 Å². The number of β-amino-alcohol motifs (C(OH)–C–C–N with tert-alkyl or cyclic N) is 1.